The number of rotatable bonds is 8. The summed E-state index contributed by atoms with van der Waals surface area (Å²) in [5.41, 5.74) is 8.33. The molecule has 4 heteroatoms. The van der Waals surface area contributed by atoms with Gasteiger partial charge in [0, 0.05) is 25.7 Å². The van der Waals surface area contributed by atoms with E-state index in [0.717, 1.165) is 45.1 Å². The summed E-state index contributed by atoms with van der Waals surface area (Å²) in [4.78, 5) is 2.66. The van der Waals surface area contributed by atoms with Crippen molar-refractivity contribution in [1.82, 2.24) is 14.7 Å². The predicted molar refractivity (Wildman–Crippen MR) is 88.2 cm³/mol. The molecule has 1 heterocycles. The van der Waals surface area contributed by atoms with Gasteiger partial charge in [0.2, 0.25) is 0 Å². The maximum atomic E-state index is 5.74. The quantitative estimate of drug-likeness (QED) is 0.801. The molecule has 0 radical (unpaired) electrons. The number of hydrogen-bond acceptors (Lipinski definition) is 3. The first-order valence-corrected chi connectivity index (χ1v) is 8.78. The van der Waals surface area contributed by atoms with Crippen molar-refractivity contribution in [1.29, 1.82) is 0 Å². The minimum atomic E-state index is 0.746. The van der Waals surface area contributed by atoms with Gasteiger partial charge >= 0.3 is 0 Å². The van der Waals surface area contributed by atoms with E-state index in [9.17, 15) is 0 Å². The van der Waals surface area contributed by atoms with Crippen molar-refractivity contribution in [2.24, 2.45) is 5.73 Å². The Kier molecular flexibility index (Phi) is 6.71. The number of aryl methyl sites for hydroxylation is 2. The van der Waals surface area contributed by atoms with Crippen LogP contribution in [0.2, 0.25) is 0 Å². The molecule has 21 heavy (non-hydrogen) atoms. The van der Waals surface area contributed by atoms with E-state index in [1.54, 1.807) is 0 Å². The SMILES string of the molecule is CCc1cc(CN(CCCN)C2CCCCC2)n(CC)n1. The van der Waals surface area contributed by atoms with Gasteiger partial charge in [-0.25, -0.2) is 0 Å². The smallest absolute Gasteiger partial charge is 0.0625 e. The van der Waals surface area contributed by atoms with Crippen molar-refractivity contribution < 1.29 is 0 Å². The van der Waals surface area contributed by atoms with E-state index in [0.29, 0.717) is 0 Å². The zero-order chi connectivity index (χ0) is 15.1. The van der Waals surface area contributed by atoms with Crippen LogP contribution in [0, 0.1) is 0 Å². The fourth-order valence-electron chi connectivity index (χ4n) is 3.43. The molecular formula is C17H32N4. The molecule has 120 valence electrons. The van der Waals surface area contributed by atoms with Crippen LogP contribution in [-0.4, -0.2) is 33.8 Å². The van der Waals surface area contributed by atoms with Crippen molar-refractivity contribution in [3.63, 3.8) is 0 Å². The van der Waals surface area contributed by atoms with Gasteiger partial charge in [-0.1, -0.05) is 26.2 Å². The zero-order valence-electron chi connectivity index (χ0n) is 13.9. The first kappa shape index (κ1) is 16.5. The van der Waals surface area contributed by atoms with Gasteiger partial charge in [-0.3, -0.25) is 9.58 Å². The lowest BCUT2D eigenvalue weighted by Crippen LogP contribution is -2.38. The summed E-state index contributed by atoms with van der Waals surface area (Å²) < 4.78 is 2.18. The Morgan fingerprint density at radius 1 is 1.29 bits per heavy atom. The Bertz CT molecular complexity index is 407. The minimum absolute atomic E-state index is 0.746. The Morgan fingerprint density at radius 2 is 2.05 bits per heavy atom. The van der Waals surface area contributed by atoms with Crippen LogP contribution in [0.4, 0.5) is 0 Å². The van der Waals surface area contributed by atoms with Gasteiger partial charge < -0.3 is 5.73 Å². The van der Waals surface area contributed by atoms with Gasteiger partial charge in [-0.05, 0) is 45.2 Å². The molecule has 2 N–H and O–H groups in total. The molecule has 1 fully saturated rings. The van der Waals surface area contributed by atoms with Crippen molar-refractivity contribution >= 4 is 0 Å². The lowest BCUT2D eigenvalue weighted by Gasteiger charge is -2.34. The summed E-state index contributed by atoms with van der Waals surface area (Å²) in [6.07, 6.45) is 9.00. The number of nitrogens with two attached hydrogens (primary N) is 1. The van der Waals surface area contributed by atoms with Crippen LogP contribution in [0.1, 0.15) is 63.8 Å². The Balaban J connectivity index is 2.07. The average molecular weight is 292 g/mol. The average Bonchev–Trinajstić information content (AvgIpc) is 2.94. The Morgan fingerprint density at radius 3 is 2.67 bits per heavy atom. The molecule has 0 atom stereocenters. The molecule has 0 aromatic carbocycles. The van der Waals surface area contributed by atoms with E-state index < -0.39 is 0 Å². The molecule has 0 unspecified atom stereocenters. The largest absolute Gasteiger partial charge is 0.330 e. The molecule has 0 spiro atoms. The molecule has 0 aliphatic heterocycles. The van der Waals surface area contributed by atoms with Crippen LogP contribution in [0.25, 0.3) is 0 Å². The van der Waals surface area contributed by atoms with Crippen molar-refractivity contribution in [3.8, 4) is 0 Å². The second kappa shape index (κ2) is 8.54. The summed E-state index contributed by atoms with van der Waals surface area (Å²) >= 11 is 0. The van der Waals surface area contributed by atoms with E-state index >= 15 is 0 Å². The molecule has 0 amide bonds. The predicted octanol–water partition coefficient (Wildman–Crippen LogP) is 2.95. The minimum Gasteiger partial charge on any atom is -0.330 e. The highest BCUT2D eigenvalue weighted by molar-refractivity contribution is 5.10. The van der Waals surface area contributed by atoms with Crippen molar-refractivity contribution in [2.75, 3.05) is 13.1 Å². The van der Waals surface area contributed by atoms with Crippen LogP contribution < -0.4 is 5.73 Å². The third kappa shape index (κ3) is 4.55. The summed E-state index contributed by atoms with van der Waals surface area (Å²) in [7, 11) is 0. The second-order valence-corrected chi connectivity index (χ2v) is 6.20. The van der Waals surface area contributed by atoms with Crippen LogP contribution in [-0.2, 0) is 19.5 Å². The van der Waals surface area contributed by atoms with Crippen molar-refractivity contribution in [3.05, 3.63) is 17.5 Å². The van der Waals surface area contributed by atoms with E-state index in [-0.39, 0.29) is 0 Å². The van der Waals surface area contributed by atoms with Crippen molar-refractivity contribution in [2.45, 2.75) is 77.9 Å². The van der Waals surface area contributed by atoms with Crippen LogP contribution in [0.5, 0.6) is 0 Å². The van der Waals surface area contributed by atoms with E-state index in [4.69, 9.17) is 10.8 Å². The third-order valence-electron chi connectivity index (χ3n) is 4.68. The lowest BCUT2D eigenvalue weighted by atomic mass is 9.94. The summed E-state index contributed by atoms with van der Waals surface area (Å²) in [6.45, 7) is 8.27. The highest BCUT2D eigenvalue weighted by Gasteiger charge is 2.22. The molecule has 2 rings (SSSR count). The maximum Gasteiger partial charge on any atom is 0.0625 e. The monoisotopic (exact) mass is 292 g/mol. The lowest BCUT2D eigenvalue weighted by molar-refractivity contribution is 0.143. The molecule has 0 saturated heterocycles. The molecule has 1 aromatic heterocycles. The molecule has 4 nitrogen and oxygen atoms in total. The molecule has 1 aliphatic rings. The van der Waals surface area contributed by atoms with Gasteiger partial charge in [0.25, 0.3) is 0 Å². The third-order valence-corrected chi connectivity index (χ3v) is 4.68. The molecule has 1 saturated carbocycles. The summed E-state index contributed by atoms with van der Waals surface area (Å²) in [5.74, 6) is 0. The number of aromatic nitrogens is 2. The van der Waals surface area contributed by atoms with Gasteiger partial charge in [-0.15, -0.1) is 0 Å². The topological polar surface area (TPSA) is 47.1 Å². The fraction of sp³-hybridized carbons (Fsp3) is 0.824. The number of hydrogen-bond donors (Lipinski definition) is 1. The van der Waals surface area contributed by atoms with E-state index in [1.807, 2.05) is 0 Å². The maximum absolute atomic E-state index is 5.74. The first-order valence-electron chi connectivity index (χ1n) is 8.78. The zero-order valence-corrected chi connectivity index (χ0v) is 13.9. The van der Waals surface area contributed by atoms with Gasteiger partial charge in [-0.2, -0.15) is 5.10 Å². The van der Waals surface area contributed by atoms with E-state index in [1.165, 1.54) is 43.5 Å². The second-order valence-electron chi connectivity index (χ2n) is 6.20. The van der Waals surface area contributed by atoms with Crippen LogP contribution >= 0.6 is 0 Å². The standard InChI is InChI=1S/C17H32N4/c1-3-15-13-17(21(4-2)19-15)14-20(12-8-11-18)16-9-6-5-7-10-16/h13,16H,3-12,14,18H2,1-2H3. The fourth-order valence-corrected chi connectivity index (χ4v) is 3.43. The van der Waals surface area contributed by atoms with Crippen LogP contribution in [0.15, 0.2) is 6.07 Å². The molecule has 1 aromatic rings. The first-order chi connectivity index (χ1) is 10.3. The van der Waals surface area contributed by atoms with Gasteiger partial charge in [0.1, 0.15) is 0 Å². The highest BCUT2D eigenvalue weighted by Crippen LogP contribution is 2.24. The van der Waals surface area contributed by atoms with E-state index in [2.05, 4.69) is 29.5 Å². The molecule has 0 bridgehead atoms. The van der Waals surface area contributed by atoms with Crippen LogP contribution in [0.3, 0.4) is 0 Å². The van der Waals surface area contributed by atoms with Gasteiger partial charge in [0.05, 0.1) is 11.4 Å². The normalized spacial score (nSPS) is 16.8. The number of nitrogens with zero attached hydrogens (tertiary/aromatic N) is 3. The Hall–Kier alpha value is -0.870. The summed E-state index contributed by atoms with van der Waals surface area (Å²) in [5, 5.41) is 4.69. The summed E-state index contributed by atoms with van der Waals surface area (Å²) in [6, 6.07) is 3.04. The van der Waals surface area contributed by atoms with Gasteiger partial charge in [0.15, 0.2) is 0 Å². The Labute approximate surface area is 129 Å². The highest BCUT2D eigenvalue weighted by atomic mass is 15.3. The molecular weight excluding hydrogens is 260 g/mol. The molecule has 1 aliphatic carbocycles.